The first kappa shape index (κ1) is 22.3. The Balaban J connectivity index is 1.36. The number of likely N-dealkylation sites (N-methyl/N-ethyl adjacent to an activating group) is 1. The first-order valence-corrected chi connectivity index (χ1v) is 13.0. The SMILES string of the molecule is C[C@H](Oc1ccnc(-c2noc3c2CCCC32CCOc3sc(N)c(C#N)c32)n1)[C@@H]1CCCN1C. The van der Waals surface area contributed by atoms with Crippen LogP contribution in [0.15, 0.2) is 16.8 Å². The van der Waals surface area contributed by atoms with Crippen molar-refractivity contribution >= 4 is 16.3 Å². The van der Waals surface area contributed by atoms with Gasteiger partial charge >= 0.3 is 0 Å². The third-order valence-electron chi connectivity index (χ3n) is 7.78. The number of aromatic nitrogens is 3. The molecule has 0 radical (unpaired) electrons. The number of anilines is 1. The molecule has 3 aromatic rings. The molecule has 1 spiro atoms. The van der Waals surface area contributed by atoms with Crippen molar-refractivity contribution in [3.05, 3.63) is 34.7 Å². The second-order valence-electron chi connectivity index (χ2n) is 9.72. The summed E-state index contributed by atoms with van der Waals surface area (Å²) in [6.45, 7) is 3.73. The third-order valence-corrected chi connectivity index (χ3v) is 8.71. The number of rotatable bonds is 4. The molecular formula is C25H28N6O3S. The van der Waals surface area contributed by atoms with Crippen LogP contribution in [0.2, 0.25) is 0 Å². The molecule has 3 atom stereocenters. The van der Waals surface area contributed by atoms with Gasteiger partial charge in [0.2, 0.25) is 5.88 Å². The quantitative estimate of drug-likeness (QED) is 0.577. The molecule has 0 saturated carbocycles. The lowest BCUT2D eigenvalue weighted by atomic mass is 9.66. The van der Waals surface area contributed by atoms with Gasteiger partial charge in [0.05, 0.1) is 17.6 Å². The Kier molecular flexibility index (Phi) is 5.42. The highest BCUT2D eigenvalue weighted by atomic mass is 32.1. The first-order valence-electron chi connectivity index (χ1n) is 12.2. The van der Waals surface area contributed by atoms with Crippen LogP contribution < -0.4 is 15.2 Å². The van der Waals surface area contributed by atoms with Crippen LogP contribution in [0.1, 0.15) is 61.5 Å². The standard InChI is InChI=1S/C25H28N6O3S/c1-14(17-6-4-11-31(17)2)33-18-7-10-28-23(29-18)20-15-5-3-8-25(21(15)34-30-20)9-12-32-24-19(25)16(13-26)22(27)35-24/h7,10,14,17H,3-6,8-9,11-12,27H2,1-2H3/t14-,17-,25?/m0/s1. The van der Waals surface area contributed by atoms with Crippen LogP contribution in [0.5, 0.6) is 10.9 Å². The number of likely N-dealkylation sites (tertiary alicyclic amines) is 1. The fourth-order valence-corrected chi connectivity index (χ4v) is 7.08. The Morgan fingerprint density at radius 2 is 2.26 bits per heavy atom. The highest BCUT2D eigenvalue weighted by Crippen LogP contribution is 2.56. The topological polar surface area (TPSA) is 123 Å². The van der Waals surface area contributed by atoms with E-state index in [-0.39, 0.29) is 6.10 Å². The summed E-state index contributed by atoms with van der Waals surface area (Å²) in [4.78, 5) is 11.6. The van der Waals surface area contributed by atoms with Gasteiger partial charge in [-0.25, -0.2) is 4.98 Å². The largest absolute Gasteiger partial charge is 0.484 e. The summed E-state index contributed by atoms with van der Waals surface area (Å²) in [6, 6.07) is 4.47. The smallest absolute Gasteiger partial charge is 0.217 e. The van der Waals surface area contributed by atoms with Crippen LogP contribution in [0.25, 0.3) is 11.5 Å². The Morgan fingerprint density at radius 1 is 1.37 bits per heavy atom. The zero-order valence-electron chi connectivity index (χ0n) is 19.9. The fraction of sp³-hybridized carbons (Fsp3) is 0.520. The van der Waals surface area contributed by atoms with Crippen molar-refractivity contribution < 1.29 is 14.0 Å². The minimum Gasteiger partial charge on any atom is -0.484 e. The minimum atomic E-state index is -0.471. The van der Waals surface area contributed by atoms with E-state index in [9.17, 15) is 5.26 Å². The average molecular weight is 493 g/mol. The number of nitrogen functional groups attached to an aromatic ring is 1. The molecule has 182 valence electrons. The van der Waals surface area contributed by atoms with Gasteiger partial charge in [-0.15, -0.1) is 0 Å². The number of hydrogen-bond donors (Lipinski definition) is 1. The van der Waals surface area contributed by atoms with Crippen molar-refractivity contribution in [3.63, 3.8) is 0 Å². The highest BCUT2D eigenvalue weighted by molar-refractivity contribution is 7.18. The van der Waals surface area contributed by atoms with Crippen LogP contribution in [-0.4, -0.2) is 52.4 Å². The van der Waals surface area contributed by atoms with E-state index in [2.05, 4.69) is 35.1 Å². The van der Waals surface area contributed by atoms with Gasteiger partial charge in [0.15, 0.2) is 22.3 Å². The molecule has 3 aromatic heterocycles. The molecule has 1 fully saturated rings. The highest BCUT2D eigenvalue weighted by Gasteiger charge is 2.50. The number of nitriles is 1. The van der Waals surface area contributed by atoms with E-state index in [4.69, 9.17) is 24.7 Å². The lowest BCUT2D eigenvalue weighted by Crippen LogP contribution is -2.38. The lowest BCUT2D eigenvalue weighted by Gasteiger charge is -2.38. The predicted octanol–water partition coefficient (Wildman–Crippen LogP) is 3.91. The second kappa shape index (κ2) is 8.50. The summed E-state index contributed by atoms with van der Waals surface area (Å²) in [7, 11) is 2.14. The van der Waals surface area contributed by atoms with Crippen molar-refractivity contribution in [2.75, 3.05) is 25.9 Å². The maximum absolute atomic E-state index is 9.84. The second-order valence-corrected chi connectivity index (χ2v) is 10.7. The van der Waals surface area contributed by atoms with Gasteiger partial charge in [-0.3, -0.25) is 4.90 Å². The zero-order valence-corrected chi connectivity index (χ0v) is 20.7. The molecule has 2 aliphatic heterocycles. The van der Waals surface area contributed by atoms with Gasteiger partial charge in [-0.2, -0.15) is 10.2 Å². The summed E-state index contributed by atoms with van der Waals surface area (Å²) in [5, 5.41) is 15.5. The van der Waals surface area contributed by atoms with Crippen LogP contribution in [0.3, 0.4) is 0 Å². The first-order chi connectivity index (χ1) is 17.0. The summed E-state index contributed by atoms with van der Waals surface area (Å²) in [6.07, 6.45) is 7.35. The molecule has 10 heteroatoms. The van der Waals surface area contributed by atoms with E-state index >= 15 is 0 Å². The van der Waals surface area contributed by atoms with E-state index in [1.807, 2.05) is 0 Å². The summed E-state index contributed by atoms with van der Waals surface area (Å²) in [5.74, 6) is 1.82. The molecule has 3 aliphatic rings. The van der Waals surface area contributed by atoms with Crippen molar-refractivity contribution in [2.45, 2.75) is 63.0 Å². The van der Waals surface area contributed by atoms with E-state index < -0.39 is 5.41 Å². The Labute approximate surface area is 207 Å². The normalized spacial score (nSPS) is 24.4. The summed E-state index contributed by atoms with van der Waals surface area (Å²) in [5.41, 5.74) is 8.70. The van der Waals surface area contributed by atoms with Crippen LogP contribution in [0.4, 0.5) is 5.00 Å². The monoisotopic (exact) mass is 492 g/mol. The summed E-state index contributed by atoms with van der Waals surface area (Å²) >= 11 is 1.33. The Hall–Kier alpha value is -3.16. The molecule has 2 N–H and O–H groups in total. The number of hydrogen-bond acceptors (Lipinski definition) is 10. The summed E-state index contributed by atoms with van der Waals surface area (Å²) < 4.78 is 18.2. The maximum Gasteiger partial charge on any atom is 0.217 e. The van der Waals surface area contributed by atoms with Crippen molar-refractivity contribution in [3.8, 4) is 28.5 Å². The van der Waals surface area contributed by atoms with Gasteiger partial charge in [-0.05, 0) is 59.0 Å². The molecule has 0 bridgehead atoms. The molecule has 0 aromatic carbocycles. The van der Waals surface area contributed by atoms with Crippen molar-refractivity contribution in [1.29, 1.82) is 5.26 Å². The Bertz CT molecular complexity index is 1310. The van der Waals surface area contributed by atoms with Gasteiger partial charge < -0.3 is 19.7 Å². The zero-order chi connectivity index (χ0) is 24.2. The average Bonchev–Trinajstić information content (AvgIpc) is 3.56. The molecule has 5 heterocycles. The molecule has 6 rings (SSSR count). The number of fused-ring (bicyclic) bond motifs is 4. The van der Waals surface area contributed by atoms with Crippen LogP contribution >= 0.6 is 11.3 Å². The molecular weight excluding hydrogens is 464 g/mol. The van der Waals surface area contributed by atoms with Crippen molar-refractivity contribution in [1.82, 2.24) is 20.0 Å². The van der Waals surface area contributed by atoms with Gasteiger partial charge in [-0.1, -0.05) is 16.5 Å². The number of nitrogens with zero attached hydrogens (tertiary/aromatic N) is 5. The maximum atomic E-state index is 9.84. The van der Waals surface area contributed by atoms with Crippen molar-refractivity contribution in [2.24, 2.45) is 0 Å². The number of thiophene rings is 1. The fourth-order valence-electron chi connectivity index (χ4n) is 6.09. The number of nitrogens with two attached hydrogens (primary N) is 1. The van der Waals surface area contributed by atoms with E-state index in [0.29, 0.717) is 52.1 Å². The van der Waals surface area contributed by atoms with Gasteiger partial charge in [0.1, 0.15) is 17.2 Å². The van der Waals surface area contributed by atoms with Gasteiger partial charge in [0.25, 0.3) is 0 Å². The lowest BCUT2D eigenvalue weighted by molar-refractivity contribution is 0.117. The van der Waals surface area contributed by atoms with Gasteiger partial charge in [0, 0.05) is 29.4 Å². The predicted molar refractivity (Wildman–Crippen MR) is 131 cm³/mol. The van der Waals surface area contributed by atoms with Crippen LogP contribution in [-0.2, 0) is 11.8 Å². The molecule has 0 amide bonds. The molecule has 1 unspecified atom stereocenters. The molecule has 9 nitrogen and oxygen atoms in total. The Morgan fingerprint density at radius 3 is 3.06 bits per heavy atom. The molecule has 35 heavy (non-hydrogen) atoms. The van der Waals surface area contributed by atoms with Crippen LogP contribution in [0, 0.1) is 11.3 Å². The third kappa shape index (κ3) is 3.48. The molecule has 1 saturated heterocycles. The minimum absolute atomic E-state index is 0.0221. The molecule has 1 aliphatic carbocycles. The van der Waals surface area contributed by atoms with E-state index in [1.165, 1.54) is 17.8 Å². The van der Waals surface area contributed by atoms with E-state index in [0.717, 1.165) is 49.1 Å². The van der Waals surface area contributed by atoms with E-state index in [1.54, 1.807) is 12.3 Å². The number of ether oxygens (including phenoxy) is 2.